The Kier molecular flexibility index (Phi) is 6.71. The molecular weight excluding hydrogens is 459 g/mol. The molecule has 1 unspecified atom stereocenters. The predicted molar refractivity (Wildman–Crippen MR) is 117 cm³/mol. The molecule has 2 N–H and O–H groups in total. The Hall–Kier alpha value is -2.37. The van der Waals surface area contributed by atoms with Crippen molar-refractivity contribution < 1.29 is 31.5 Å². The van der Waals surface area contributed by atoms with Gasteiger partial charge in [0.25, 0.3) is 0 Å². The third kappa shape index (κ3) is 5.10. The Bertz CT molecular complexity index is 1090. The first kappa shape index (κ1) is 25.3. The van der Waals surface area contributed by atoms with Gasteiger partial charge in [0.2, 0.25) is 10.0 Å². The number of nitrogens with zero attached hydrogens (tertiary/aromatic N) is 2. The number of carboxylic acids is 1. The second kappa shape index (κ2) is 8.77. The van der Waals surface area contributed by atoms with E-state index in [-0.39, 0.29) is 36.5 Å². The summed E-state index contributed by atoms with van der Waals surface area (Å²) in [5.41, 5.74) is -0.572. The first-order valence-corrected chi connectivity index (χ1v) is 11.9. The summed E-state index contributed by atoms with van der Waals surface area (Å²) in [5, 5.41) is 11.9. The van der Waals surface area contributed by atoms with Crippen LogP contribution in [0.5, 0.6) is 0 Å². The van der Waals surface area contributed by atoms with Crippen molar-refractivity contribution in [3.63, 3.8) is 0 Å². The SMILES string of the molecule is Cc1ccc(S(=O)(=O)N2C[C@@H](C)N(C3(C)C=CC(C(F)(F)F)=CN3)[C@H](C)C2)cc1CC(=O)O. The number of aliphatic carboxylic acids is 1. The highest BCUT2D eigenvalue weighted by molar-refractivity contribution is 7.89. The summed E-state index contributed by atoms with van der Waals surface area (Å²) in [5.74, 6) is -1.05. The Balaban J connectivity index is 1.82. The molecule has 3 atom stereocenters. The lowest BCUT2D eigenvalue weighted by Gasteiger charge is -2.52. The number of aryl methyl sites for hydroxylation is 1. The quantitative estimate of drug-likeness (QED) is 0.664. The molecule has 2 aliphatic rings. The van der Waals surface area contributed by atoms with Crippen molar-refractivity contribution in [1.29, 1.82) is 0 Å². The highest BCUT2D eigenvalue weighted by Crippen LogP contribution is 2.34. The van der Waals surface area contributed by atoms with Crippen LogP contribution >= 0.6 is 0 Å². The monoisotopic (exact) mass is 487 g/mol. The molecule has 33 heavy (non-hydrogen) atoms. The van der Waals surface area contributed by atoms with E-state index in [2.05, 4.69) is 5.32 Å². The average Bonchev–Trinajstić information content (AvgIpc) is 2.68. The minimum Gasteiger partial charge on any atom is -0.481 e. The minimum absolute atomic E-state index is 0.0249. The fourth-order valence-corrected chi connectivity index (χ4v) is 6.26. The fourth-order valence-electron chi connectivity index (χ4n) is 4.61. The number of benzene rings is 1. The number of rotatable bonds is 5. The van der Waals surface area contributed by atoms with Crippen LogP contribution in [0.15, 0.2) is 47.0 Å². The predicted octanol–water partition coefficient (Wildman–Crippen LogP) is 3.03. The van der Waals surface area contributed by atoms with Gasteiger partial charge >= 0.3 is 12.1 Å². The van der Waals surface area contributed by atoms with E-state index >= 15 is 0 Å². The van der Waals surface area contributed by atoms with Crippen molar-refractivity contribution >= 4 is 16.0 Å². The van der Waals surface area contributed by atoms with Gasteiger partial charge in [0.05, 0.1) is 16.9 Å². The van der Waals surface area contributed by atoms with Crippen molar-refractivity contribution in [1.82, 2.24) is 14.5 Å². The summed E-state index contributed by atoms with van der Waals surface area (Å²) in [6, 6.07) is 3.84. The van der Waals surface area contributed by atoms with Crippen LogP contribution in [-0.4, -0.2) is 65.7 Å². The number of halogens is 3. The number of nitrogens with one attached hydrogen (secondary N) is 1. The van der Waals surface area contributed by atoms with Gasteiger partial charge in [0, 0.05) is 31.4 Å². The lowest BCUT2D eigenvalue weighted by molar-refractivity contribution is -0.136. The van der Waals surface area contributed by atoms with E-state index in [1.807, 2.05) is 18.7 Å². The number of carbonyl (C=O) groups is 1. The number of piperazine rings is 1. The van der Waals surface area contributed by atoms with Crippen molar-refractivity contribution in [2.75, 3.05) is 13.1 Å². The summed E-state index contributed by atoms with van der Waals surface area (Å²) in [6.07, 6.45) is -1.30. The summed E-state index contributed by atoms with van der Waals surface area (Å²) in [7, 11) is -3.89. The van der Waals surface area contributed by atoms with Crippen LogP contribution in [0.1, 0.15) is 31.9 Å². The number of alkyl halides is 3. The van der Waals surface area contributed by atoms with E-state index in [1.165, 1.54) is 22.5 Å². The standard InChI is InChI=1S/C22H28F3N3O4S/c1-14-5-6-19(9-17(14)10-20(29)30)33(31,32)27-12-15(2)28(16(3)13-27)21(4)8-7-18(11-26-21)22(23,24)25/h5-9,11,15-16,26H,10,12-13H2,1-4H3,(H,29,30)/t15-,16-,21?/m1/s1. The van der Waals surface area contributed by atoms with Gasteiger partial charge in [0.15, 0.2) is 0 Å². The van der Waals surface area contributed by atoms with Gasteiger partial charge in [0.1, 0.15) is 5.66 Å². The van der Waals surface area contributed by atoms with Crippen molar-refractivity contribution in [2.24, 2.45) is 0 Å². The van der Waals surface area contributed by atoms with Crippen LogP contribution in [-0.2, 0) is 21.2 Å². The number of dihydropyridines is 1. The number of sulfonamides is 1. The zero-order valence-corrected chi connectivity index (χ0v) is 19.7. The Morgan fingerprint density at radius 1 is 1.24 bits per heavy atom. The van der Waals surface area contributed by atoms with Crippen LogP contribution in [0.2, 0.25) is 0 Å². The Labute approximate surface area is 191 Å². The van der Waals surface area contributed by atoms with Crippen LogP contribution in [0.3, 0.4) is 0 Å². The summed E-state index contributed by atoms with van der Waals surface area (Å²) >= 11 is 0. The van der Waals surface area contributed by atoms with E-state index in [1.54, 1.807) is 19.9 Å². The van der Waals surface area contributed by atoms with Crippen LogP contribution in [0.25, 0.3) is 0 Å². The molecule has 1 aromatic carbocycles. The van der Waals surface area contributed by atoms with Gasteiger partial charge in [-0.2, -0.15) is 17.5 Å². The molecule has 1 saturated heterocycles. The highest BCUT2D eigenvalue weighted by atomic mass is 32.2. The molecule has 0 saturated carbocycles. The fraction of sp³-hybridized carbons (Fsp3) is 0.500. The first-order chi connectivity index (χ1) is 15.1. The molecular formula is C22H28F3N3O4S. The van der Waals surface area contributed by atoms with E-state index in [0.29, 0.717) is 11.1 Å². The largest absolute Gasteiger partial charge is 0.481 e. The van der Waals surface area contributed by atoms with Gasteiger partial charge in [-0.15, -0.1) is 0 Å². The van der Waals surface area contributed by atoms with Crippen molar-refractivity contribution in [3.05, 3.63) is 53.3 Å². The average molecular weight is 488 g/mol. The van der Waals surface area contributed by atoms with Crippen LogP contribution < -0.4 is 5.32 Å². The molecule has 0 amide bonds. The summed E-state index contributed by atoms with van der Waals surface area (Å²) in [6.45, 7) is 7.40. The molecule has 0 spiro atoms. The topological polar surface area (TPSA) is 90.0 Å². The third-order valence-electron chi connectivity index (χ3n) is 6.16. The molecule has 2 aliphatic heterocycles. The van der Waals surface area contributed by atoms with E-state index in [9.17, 15) is 26.4 Å². The molecule has 0 aliphatic carbocycles. The molecule has 0 bridgehead atoms. The molecule has 182 valence electrons. The molecule has 0 radical (unpaired) electrons. The highest BCUT2D eigenvalue weighted by Gasteiger charge is 2.45. The number of carboxylic acid groups (broad SMARTS) is 1. The first-order valence-electron chi connectivity index (χ1n) is 10.5. The number of allylic oxidation sites excluding steroid dienone is 2. The van der Waals surface area contributed by atoms with E-state index in [0.717, 1.165) is 12.3 Å². The van der Waals surface area contributed by atoms with Gasteiger partial charge in [-0.3, -0.25) is 9.69 Å². The van der Waals surface area contributed by atoms with Crippen molar-refractivity contribution in [3.8, 4) is 0 Å². The second-order valence-corrected chi connectivity index (χ2v) is 10.7. The van der Waals surface area contributed by atoms with Gasteiger partial charge in [-0.05, 0) is 63.1 Å². The molecule has 1 fully saturated rings. The molecule has 1 aromatic rings. The minimum atomic E-state index is -4.46. The maximum absolute atomic E-state index is 13.3. The van der Waals surface area contributed by atoms with Gasteiger partial charge < -0.3 is 10.4 Å². The molecule has 7 nitrogen and oxygen atoms in total. The zero-order valence-electron chi connectivity index (χ0n) is 18.8. The second-order valence-electron chi connectivity index (χ2n) is 8.81. The lowest BCUT2D eigenvalue weighted by atomic mass is 9.98. The summed E-state index contributed by atoms with van der Waals surface area (Å²) in [4.78, 5) is 13.1. The third-order valence-corrected chi connectivity index (χ3v) is 7.98. The van der Waals surface area contributed by atoms with Gasteiger partial charge in [-0.1, -0.05) is 6.07 Å². The van der Waals surface area contributed by atoms with Crippen molar-refractivity contribution in [2.45, 2.75) is 62.9 Å². The molecule has 3 rings (SSSR count). The normalized spacial score (nSPS) is 27.2. The lowest BCUT2D eigenvalue weighted by Crippen LogP contribution is -2.68. The molecule has 0 aromatic heterocycles. The van der Waals surface area contributed by atoms with Crippen LogP contribution in [0, 0.1) is 6.92 Å². The zero-order chi connectivity index (χ0) is 24.8. The van der Waals surface area contributed by atoms with Gasteiger partial charge in [-0.25, -0.2) is 8.42 Å². The number of hydrogen-bond donors (Lipinski definition) is 2. The molecule has 2 heterocycles. The summed E-state index contributed by atoms with van der Waals surface area (Å²) < 4.78 is 67.0. The maximum atomic E-state index is 13.3. The Morgan fingerprint density at radius 2 is 1.85 bits per heavy atom. The smallest absolute Gasteiger partial charge is 0.417 e. The molecule has 11 heteroatoms. The Morgan fingerprint density at radius 3 is 2.33 bits per heavy atom. The van der Waals surface area contributed by atoms with E-state index in [4.69, 9.17) is 5.11 Å². The number of hydrogen-bond acceptors (Lipinski definition) is 5. The van der Waals surface area contributed by atoms with E-state index < -0.39 is 33.4 Å². The maximum Gasteiger partial charge on any atom is 0.417 e. The van der Waals surface area contributed by atoms with Crippen LogP contribution in [0.4, 0.5) is 13.2 Å².